The molecule has 132 valence electrons. The van der Waals surface area contributed by atoms with Crippen molar-refractivity contribution in [3.05, 3.63) is 29.8 Å². The van der Waals surface area contributed by atoms with Gasteiger partial charge in [0.05, 0.1) is 17.7 Å². The lowest BCUT2D eigenvalue weighted by molar-refractivity contribution is -0.118. The predicted molar refractivity (Wildman–Crippen MR) is 97.9 cm³/mol. The zero-order valence-corrected chi connectivity index (χ0v) is 14.9. The van der Waals surface area contributed by atoms with Crippen LogP contribution in [0.3, 0.4) is 0 Å². The van der Waals surface area contributed by atoms with Gasteiger partial charge >= 0.3 is 0 Å². The summed E-state index contributed by atoms with van der Waals surface area (Å²) >= 11 is 0. The number of carbonyl (C=O) groups is 1. The number of benzene rings is 1. The smallest absolute Gasteiger partial charge is 0.241 e. The molecule has 4 aliphatic rings. The largest absolute Gasteiger partial charge is 0.325 e. The first-order valence-corrected chi connectivity index (χ1v) is 9.60. The Hall–Kier alpha value is -1.86. The minimum Gasteiger partial charge on any atom is -0.325 e. The van der Waals surface area contributed by atoms with Crippen LogP contribution in [0.2, 0.25) is 0 Å². The molecule has 4 nitrogen and oxygen atoms in total. The highest BCUT2D eigenvalue weighted by Crippen LogP contribution is 2.59. The van der Waals surface area contributed by atoms with Crippen LogP contribution in [0, 0.1) is 34.5 Å². The van der Waals surface area contributed by atoms with Gasteiger partial charge in [0.25, 0.3) is 0 Å². The first-order valence-electron chi connectivity index (χ1n) is 9.60. The van der Waals surface area contributed by atoms with Crippen molar-refractivity contribution in [1.82, 2.24) is 5.32 Å². The molecule has 4 aliphatic carbocycles. The maximum Gasteiger partial charge on any atom is 0.241 e. The van der Waals surface area contributed by atoms with Crippen molar-refractivity contribution in [2.45, 2.75) is 51.5 Å². The monoisotopic (exact) mass is 337 g/mol. The highest BCUT2D eigenvalue weighted by molar-refractivity contribution is 5.94. The molecule has 4 heteroatoms. The second-order valence-electron chi connectivity index (χ2n) is 8.70. The lowest BCUT2D eigenvalue weighted by Gasteiger charge is -2.57. The van der Waals surface area contributed by atoms with Crippen molar-refractivity contribution < 1.29 is 4.79 Å². The van der Waals surface area contributed by atoms with Gasteiger partial charge in [0.15, 0.2) is 0 Å². The van der Waals surface area contributed by atoms with Crippen LogP contribution in [0.15, 0.2) is 24.3 Å². The van der Waals surface area contributed by atoms with E-state index in [9.17, 15) is 4.79 Å². The topological polar surface area (TPSA) is 64.9 Å². The average Bonchev–Trinajstić information content (AvgIpc) is 2.59. The van der Waals surface area contributed by atoms with E-state index >= 15 is 0 Å². The summed E-state index contributed by atoms with van der Waals surface area (Å²) in [7, 11) is 0. The Labute approximate surface area is 150 Å². The fraction of sp³-hybridized carbons (Fsp3) is 0.619. The van der Waals surface area contributed by atoms with E-state index in [1.807, 2.05) is 6.92 Å². The Bertz CT molecular complexity index is 653. The summed E-state index contributed by atoms with van der Waals surface area (Å²) < 4.78 is 0. The average molecular weight is 337 g/mol. The minimum atomic E-state index is -0.205. The van der Waals surface area contributed by atoms with Crippen LogP contribution in [-0.2, 0) is 4.79 Å². The summed E-state index contributed by atoms with van der Waals surface area (Å²) in [6.07, 6.45) is 8.43. The van der Waals surface area contributed by atoms with Gasteiger partial charge in [0, 0.05) is 12.2 Å². The Morgan fingerprint density at radius 1 is 1.16 bits per heavy atom. The van der Waals surface area contributed by atoms with E-state index in [4.69, 9.17) is 5.26 Å². The molecule has 1 atom stereocenters. The third kappa shape index (κ3) is 3.43. The van der Waals surface area contributed by atoms with Crippen molar-refractivity contribution in [3.63, 3.8) is 0 Å². The molecule has 0 unspecified atom stereocenters. The molecule has 4 fully saturated rings. The van der Waals surface area contributed by atoms with Crippen LogP contribution in [-0.4, -0.2) is 18.5 Å². The molecule has 0 aromatic heterocycles. The predicted octanol–water partition coefficient (Wildman–Crippen LogP) is 3.69. The van der Waals surface area contributed by atoms with Crippen molar-refractivity contribution >= 4 is 11.6 Å². The quantitative estimate of drug-likeness (QED) is 0.861. The Kier molecular flexibility index (Phi) is 4.29. The molecule has 4 bridgehead atoms. The normalized spacial score (nSPS) is 33.7. The molecule has 25 heavy (non-hydrogen) atoms. The Balaban J connectivity index is 1.32. The van der Waals surface area contributed by atoms with E-state index in [1.54, 1.807) is 24.3 Å². The highest BCUT2D eigenvalue weighted by atomic mass is 16.2. The number of carbonyl (C=O) groups excluding carboxylic acids is 1. The molecule has 1 aromatic rings. The Morgan fingerprint density at radius 2 is 1.72 bits per heavy atom. The number of amides is 1. The lowest BCUT2D eigenvalue weighted by Crippen LogP contribution is -2.52. The van der Waals surface area contributed by atoms with E-state index in [-0.39, 0.29) is 11.9 Å². The molecule has 5 rings (SSSR count). The number of nitrogens with one attached hydrogen (secondary N) is 2. The summed E-state index contributed by atoms with van der Waals surface area (Å²) in [5.41, 5.74) is 1.79. The molecule has 0 radical (unpaired) electrons. The standard InChI is InChI=1S/C21H27N3O/c1-14(20(25)24-19-4-2-15(12-22)3-5-19)23-13-21-9-16-6-17(10-21)8-18(7-16)11-21/h2-5,14,16-18,23H,6-11,13H2,1H3,(H,24,25)/t14-,16?,17?,18?,21?/m1/s1. The van der Waals surface area contributed by atoms with E-state index in [0.29, 0.717) is 11.0 Å². The molecule has 4 saturated carbocycles. The number of nitriles is 1. The third-order valence-corrected chi connectivity index (χ3v) is 6.62. The van der Waals surface area contributed by atoms with Crippen LogP contribution in [0.4, 0.5) is 5.69 Å². The van der Waals surface area contributed by atoms with Crippen molar-refractivity contribution in [2.75, 3.05) is 11.9 Å². The van der Waals surface area contributed by atoms with Crippen LogP contribution < -0.4 is 10.6 Å². The fourth-order valence-corrected chi connectivity index (χ4v) is 5.85. The van der Waals surface area contributed by atoms with Gasteiger partial charge in [-0.3, -0.25) is 4.79 Å². The fourth-order valence-electron chi connectivity index (χ4n) is 5.85. The zero-order chi connectivity index (χ0) is 17.4. The molecule has 2 N–H and O–H groups in total. The summed E-state index contributed by atoms with van der Waals surface area (Å²) in [5, 5.41) is 15.3. The van der Waals surface area contributed by atoms with Gasteiger partial charge in [0.2, 0.25) is 5.91 Å². The Morgan fingerprint density at radius 3 is 2.24 bits per heavy atom. The van der Waals surface area contributed by atoms with Crippen LogP contribution in [0.25, 0.3) is 0 Å². The highest BCUT2D eigenvalue weighted by Gasteiger charge is 2.50. The van der Waals surface area contributed by atoms with Crippen molar-refractivity contribution in [2.24, 2.45) is 23.2 Å². The number of nitrogens with zero attached hydrogens (tertiary/aromatic N) is 1. The summed E-state index contributed by atoms with van der Waals surface area (Å²) in [6.45, 7) is 2.91. The molecule has 1 amide bonds. The number of hydrogen-bond donors (Lipinski definition) is 2. The van der Waals surface area contributed by atoms with Gasteiger partial charge in [-0.1, -0.05) is 0 Å². The minimum absolute atomic E-state index is 0.00515. The SMILES string of the molecule is C[C@@H](NCC12CC3CC(CC(C3)C1)C2)C(=O)Nc1ccc(C#N)cc1. The molecule has 0 saturated heterocycles. The summed E-state index contributed by atoms with van der Waals surface area (Å²) in [6, 6.07) is 8.89. The number of rotatable bonds is 5. The van der Waals surface area contributed by atoms with Gasteiger partial charge in [-0.15, -0.1) is 0 Å². The molecule has 1 aromatic carbocycles. The van der Waals surface area contributed by atoms with Crippen molar-refractivity contribution in [1.29, 1.82) is 5.26 Å². The second-order valence-corrected chi connectivity index (χ2v) is 8.70. The van der Waals surface area contributed by atoms with Crippen molar-refractivity contribution in [3.8, 4) is 6.07 Å². The summed E-state index contributed by atoms with van der Waals surface area (Å²) in [5.74, 6) is 2.82. The first-order chi connectivity index (χ1) is 12.0. The zero-order valence-electron chi connectivity index (χ0n) is 14.9. The maximum absolute atomic E-state index is 12.4. The van der Waals surface area contributed by atoms with Crippen LogP contribution in [0.1, 0.15) is 51.0 Å². The molecule has 0 aliphatic heterocycles. The van der Waals surface area contributed by atoms with Gasteiger partial charge in [-0.25, -0.2) is 0 Å². The molecular weight excluding hydrogens is 310 g/mol. The van der Waals surface area contributed by atoms with Gasteiger partial charge in [-0.05, 0) is 92.9 Å². The second kappa shape index (κ2) is 6.46. The molecular formula is C21H27N3O. The molecule has 0 spiro atoms. The van der Waals surface area contributed by atoms with Gasteiger partial charge in [-0.2, -0.15) is 5.26 Å². The summed E-state index contributed by atoms with van der Waals surface area (Å²) in [4.78, 5) is 12.4. The third-order valence-electron chi connectivity index (χ3n) is 6.62. The van der Waals surface area contributed by atoms with E-state index in [2.05, 4.69) is 16.7 Å². The van der Waals surface area contributed by atoms with Crippen LogP contribution in [0.5, 0.6) is 0 Å². The van der Waals surface area contributed by atoms with E-state index < -0.39 is 0 Å². The van der Waals surface area contributed by atoms with Gasteiger partial charge in [0.1, 0.15) is 0 Å². The first kappa shape index (κ1) is 16.6. The number of anilines is 1. The molecule has 0 heterocycles. The van der Waals surface area contributed by atoms with Gasteiger partial charge < -0.3 is 10.6 Å². The lowest BCUT2D eigenvalue weighted by atomic mass is 9.49. The van der Waals surface area contributed by atoms with Crippen LogP contribution >= 0.6 is 0 Å². The van der Waals surface area contributed by atoms with E-state index in [0.717, 1.165) is 30.0 Å². The van der Waals surface area contributed by atoms with E-state index in [1.165, 1.54) is 38.5 Å². The maximum atomic E-state index is 12.4. The number of hydrogen-bond acceptors (Lipinski definition) is 3.